The molecule has 0 saturated heterocycles. The van der Waals surface area contributed by atoms with Gasteiger partial charge in [-0.15, -0.1) is 0 Å². The summed E-state index contributed by atoms with van der Waals surface area (Å²) in [6.07, 6.45) is 3.10. The van der Waals surface area contributed by atoms with Gasteiger partial charge in [0.15, 0.2) is 0 Å². The van der Waals surface area contributed by atoms with Gasteiger partial charge in [-0.25, -0.2) is 4.79 Å². The van der Waals surface area contributed by atoms with Crippen LogP contribution in [0.25, 0.3) is 11.6 Å². The first kappa shape index (κ1) is 18.2. The zero-order valence-corrected chi connectivity index (χ0v) is 14.2. The maximum atomic E-state index is 11.9. The average Bonchev–Trinajstić information content (AvgIpc) is 2.62. The number of allylic oxidation sites excluding steroid dienone is 2. The van der Waals surface area contributed by atoms with Gasteiger partial charge in [0.1, 0.15) is 0 Å². The van der Waals surface area contributed by atoms with Crippen LogP contribution in [0.4, 0.5) is 0 Å². The van der Waals surface area contributed by atoms with Crippen molar-refractivity contribution in [2.45, 2.75) is 13.3 Å². The minimum Gasteiger partial charge on any atom is -0.481 e. The van der Waals surface area contributed by atoms with Gasteiger partial charge < -0.3 is 9.84 Å². The summed E-state index contributed by atoms with van der Waals surface area (Å²) in [6.45, 7) is 2.01. The van der Waals surface area contributed by atoms with Gasteiger partial charge in [0.25, 0.3) is 0 Å². The van der Waals surface area contributed by atoms with E-state index in [1.807, 2.05) is 67.6 Å². The summed E-state index contributed by atoms with van der Waals surface area (Å²) in [6, 6.07) is 17.4. The minimum absolute atomic E-state index is 0.0946. The molecular weight excluding hydrogens is 316 g/mol. The molecule has 0 heterocycles. The van der Waals surface area contributed by atoms with Crippen LogP contribution < -0.4 is 0 Å². The van der Waals surface area contributed by atoms with Crippen LogP contribution in [0.15, 0.2) is 66.2 Å². The van der Waals surface area contributed by atoms with Crippen LogP contribution in [0.5, 0.6) is 0 Å². The Morgan fingerprint density at radius 3 is 2.24 bits per heavy atom. The SMILES string of the molecule is COC(=O)/C(=C\C(=C/c1ccc(C)cc1)c1ccccc1)CC(=O)O. The van der Waals surface area contributed by atoms with Crippen molar-refractivity contribution in [1.82, 2.24) is 0 Å². The van der Waals surface area contributed by atoms with Crippen molar-refractivity contribution in [1.29, 1.82) is 0 Å². The van der Waals surface area contributed by atoms with Crippen molar-refractivity contribution >= 4 is 23.6 Å². The molecule has 4 nitrogen and oxygen atoms in total. The summed E-state index contributed by atoms with van der Waals surface area (Å²) in [5.41, 5.74) is 3.83. The smallest absolute Gasteiger partial charge is 0.334 e. The Kier molecular flexibility index (Phi) is 6.29. The lowest BCUT2D eigenvalue weighted by Gasteiger charge is -2.08. The number of hydrogen-bond donors (Lipinski definition) is 1. The normalized spacial score (nSPS) is 11.9. The van der Waals surface area contributed by atoms with Crippen LogP contribution in [0.2, 0.25) is 0 Å². The van der Waals surface area contributed by atoms with E-state index in [-0.39, 0.29) is 5.57 Å². The molecule has 0 bridgehead atoms. The zero-order chi connectivity index (χ0) is 18.2. The second-order valence-corrected chi connectivity index (χ2v) is 5.61. The molecule has 0 aliphatic carbocycles. The largest absolute Gasteiger partial charge is 0.481 e. The molecule has 2 aromatic carbocycles. The van der Waals surface area contributed by atoms with Crippen LogP contribution in [-0.2, 0) is 14.3 Å². The Bertz CT molecular complexity index is 800. The predicted octanol–water partition coefficient (Wildman–Crippen LogP) is 4.11. The molecule has 0 amide bonds. The molecular formula is C21H20O4. The monoisotopic (exact) mass is 336 g/mol. The van der Waals surface area contributed by atoms with Crippen molar-refractivity contribution in [3.05, 3.63) is 82.9 Å². The van der Waals surface area contributed by atoms with Gasteiger partial charge in [0.05, 0.1) is 13.5 Å². The predicted molar refractivity (Wildman–Crippen MR) is 97.8 cm³/mol. The highest BCUT2D eigenvalue weighted by Crippen LogP contribution is 2.23. The zero-order valence-electron chi connectivity index (χ0n) is 14.2. The molecule has 0 fully saturated rings. The molecule has 2 rings (SSSR count). The molecule has 0 aliphatic rings. The van der Waals surface area contributed by atoms with E-state index in [4.69, 9.17) is 9.84 Å². The lowest BCUT2D eigenvalue weighted by Crippen LogP contribution is -2.09. The average molecular weight is 336 g/mol. The van der Waals surface area contributed by atoms with E-state index >= 15 is 0 Å². The van der Waals surface area contributed by atoms with Crippen LogP contribution in [-0.4, -0.2) is 24.2 Å². The van der Waals surface area contributed by atoms with Crippen LogP contribution in [0.1, 0.15) is 23.1 Å². The first-order valence-corrected chi connectivity index (χ1v) is 7.84. The highest BCUT2D eigenvalue weighted by molar-refractivity contribution is 5.99. The van der Waals surface area contributed by atoms with Gasteiger partial charge in [0, 0.05) is 5.57 Å². The van der Waals surface area contributed by atoms with E-state index in [9.17, 15) is 9.59 Å². The Hall–Kier alpha value is -3.14. The fraction of sp³-hybridized carbons (Fsp3) is 0.143. The number of carboxylic acid groups (broad SMARTS) is 1. The molecule has 128 valence electrons. The molecule has 1 N–H and O–H groups in total. The van der Waals surface area contributed by atoms with Gasteiger partial charge >= 0.3 is 11.9 Å². The molecule has 0 atom stereocenters. The maximum absolute atomic E-state index is 11.9. The van der Waals surface area contributed by atoms with Gasteiger partial charge in [-0.2, -0.15) is 0 Å². The van der Waals surface area contributed by atoms with Crippen molar-refractivity contribution in [2.24, 2.45) is 0 Å². The van der Waals surface area contributed by atoms with E-state index in [2.05, 4.69) is 0 Å². The third-order valence-electron chi connectivity index (χ3n) is 3.63. The van der Waals surface area contributed by atoms with Crippen molar-refractivity contribution in [3.8, 4) is 0 Å². The van der Waals surface area contributed by atoms with Crippen LogP contribution in [0.3, 0.4) is 0 Å². The molecule has 4 heteroatoms. The Morgan fingerprint density at radius 1 is 1.04 bits per heavy atom. The fourth-order valence-corrected chi connectivity index (χ4v) is 2.35. The van der Waals surface area contributed by atoms with E-state index in [0.29, 0.717) is 0 Å². The van der Waals surface area contributed by atoms with Gasteiger partial charge in [-0.1, -0.05) is 60.2 Å². The standard InChI is InChI=1S/C21H20O4/c1-15-8-10-16(11-9-15)12-18(17-6-4-3-5-7-17)13-19(14-20(22)23)21(24)25-2/h3-13H,14H2,1-2H3,(H,22,23)/b18-12+,19-13-. The summed E-state index contributed by atoms with van der Waals surface area (Å²) >= 11 is 0. The number of esters is 1. The Balaban J connectivity index is 2.53. The van der Waals surface area contributed by atoms with E-state index in [0.717, 1.165) is 22.3 Å². The molecule has 0 saturated carbocycles. The van der Waals surface area contributed by atoms with E-state index < -0.39 is 18.4 Å². The number of ether oxygens (including phenoxy) is 1. The summed E-state index contributed by atoms with van der Waals surface area (Å²) < 4.78 is 4.72. The number of rotatable bonds is 6. The first-order valence-electron chi connectivity index (χ1n) is 7.84. The number of aliphatic carboxylic acids is 1. The second kappa shape index (κ2) is 8.64. The summed E-state index contributed by atoms with van der Waals surface area (Å²) in [5, 5.41) is 9.06. The Labute approximate surface area is 147 Å². The van der Waals surface area contributed by atoms with Crippen molar-refractivity contribution in [3.63, 3.8) is 0 Å². The maximum Gasteiger partial charge on any atom is 0.334 e. The van der Waals surface area contributed by atoms with E-state index in [1.165, 1.54) is 7.11 Å². The third kappa shape index (κ3) is 5.46. The molecule has 0 aliphatic heterocycles. The third-order valence-corrected chi connectivity index (χ3v) is 3.63. The lowest BCUT2D eigenvalue weighted by atomic mass is 9.98. The van der Waals surface area contributed by atoms with Gasteiger partial charge in [0.2, 0.25) is 0 Å². The number of aryl methyl sites for hydroxylation is 1. The summed E-state index contributed by atoms with van der Waals surface area (Å²) in [7, 11) is 1.24. The molecule has 25 heavy (non-hydrogen) atoms. The summed E-state index contributed by atoms with van der Waals surface area (Å²) in [5.74, 6) is -1.73. The highest BCUT2D eigenvalue weighted by Gasteiger charge is 2.15. The number of carbonyl (C=O) groups is 2. The number of carbonyl (C=O) groups excluding carboxylic acids is 1. The number of methoxy groups -OCH3 is 1. The van der Waals surface area contributed by atoms with Crippen molar-refractivity contribution < 1.29 is 19.4 Å². The number of carboxylic acids is 1. The van der Waals surface area contributed by atoms with Crippen LogP contribution >= 0.6 is 0 Å². The summed E-state index contributed by atoms with van der Waals surface area (Å²) in [4.78, 5) is 23.0. The lowest BCUT2D eigenvalue weighted by molar-refractivity contribution is -0.141. The number of benzene rings is 2. The van der Waals surface area contributed by atoms with E-state index in [1.54, 1.807) is 6.08 Å². The fourth-order valence-electron chi connectivity index (χ4n) is 2.35. The quantitative estimate of drug-likeness (QED) is 0.373. The van der Waals surface area contributed by atoms with Crippen molar-refractivity contribution in [2.75, 3.05) is 7.11 Å². The Morgan fingerprint density at radius 2 is 1.68 bits per heavy atom. The second-order valence-electron chi connectivity index (χ2n) is 5.61. The van der Waals surface area contributed by atoms with Gasteiger partial charge in [-0.3, -0.25) is 4.79 Å². The first-order chi connectivity index (χ1) is 12.0. The molecule has 2 aromatic rings. The molecule has 0 unspecified atom stereocenters. The molecule has 0 aromatic heterocycles. The molecule has 0 radical (unpaired) electrons. The minimum atomic E-state index is -1.08. The van der Waals surface area contributed by atoms with Gasteiger partial charge in [-0.05, 0) is 35.8 Å². The highest BCUT2D eigenvalue weighted by atomic mass is 16.5. The molecule has 0 spiro atoms. The number of hydrogen-bond acceptors (Lipinski definition) is 3. The van der Waals surface area contributed by atoms with Crippen LogP contribution in [0, 0.1) is 6.92 Å². The topological polar surface area (TPSA) is 63.6 Å².